The lowest BCUT2D eigenvalue weighted by Gasteiger charge is -2.13. The topological polar surface area (TPSA) is 68.3 Å². The van der Waals surface area contributed by atoms with Crippen LogP contribution in [-0.4, -0.2) is 37.3 Å². The van der Waals surface area contributed by atoms with Crippen LogP contribution in [0.25, 0.3) is 22.0 Å². The predicted octanol–water partition coefficient (Wildman–Crippen LogP) is 4.65. The Morgan fingerprint density at radius 3 is 2.44 bits per heavy atom. The molecule has 7 heteroatoms. The van der Waals surface area contributed by atoms with Crippen molar-refractivity contribution in [2.75, 3.05) is 32.6 Å². The number of nitrogens with zero attached hydrogens (tertiary/aromatic N) is 2. The minimum Gasteiger partial charge on any atom is -0.494 e. The monoisotopic (exact) mass is 432 g/mol. The Morgan fingerprint density at radius 1 is 0.938 bits per heavy atom. The van der Waals surface area contributed by atoms with E-state index in [0.29, 0.717) is 30.2 Å². The van der Waals surface area contributed by atoms with Crippen LogP contribution in [0, 0.1) is 5.82 Å². The number of benzene rings is 3. The predicted molar refractivity (Wildman–Crippen MR) is 125 cm³/mol. The van der Waals surface area contributed by atoms with Gasteiger partial charge in [-0.25, -0.2) is 14.4 Å². The standard InChI is InChI=1S/C25H25FN4O2/c1-27-11-12-32-21-9-3-17(4-10-21)15-28-25-22-13-19(18-5-7-20(26)8-6-18)14-23(31-2)24(22)29-16-30-25/h3-10,13-14,16,27H,11-12,15H2,1-2H3,(H,28,29,30). The van der Waals surface area contributed by atoms with Crippen LogP contribution < -0.4 is 20.1 Å². The van der Waals surface area contributed by atoms with Crippen LogP contribution in [0.4, 0.5) is 10.2 Å². The third kappa shape index (κ3) is 4.95. The molecule has 0 aliphatic heterocycles. The lowest BCUT2D eigenvalue weighted by Crippen LogP contribution is -2.15. The molecule has 0 atom stereocenters. The minimum absolute atomic E-state index is 0.273. The summed E-state index contributed by atoms with van der Waals surface area (Å²) in [4.78, 5) is 8.85. The lowest BCUT2D eigenvalue weighted by molar-refractivity contribution is 0.318. The van der Waals surface area contributed by atoms with Gasteiger partial charge in [0, 0.05) is 18.5 Å². The first-order valence-electron chi connectivity index (χ1n) is 10.4. The first-order chi connectivity index (χ1) is 15.7. The number of rotatable bonds is 9. The van der Waals surface area contributed by atoms with Gasteiger partial charge in [0.2, 0.25) is 0 Å². The second kappa shape index (κ2) is 10.1. The summed E-state index contributed by atoms with van der Waals surface area (Å²) < 4.78 is 24.6. The molecular formula is C25H25FN4O2. The Morgan fingerprint density at radius 2 is 1.72 bits per heavy atom. The number of aromatic nitrogens is 2. The summed E-state index contributed by atoms with van der Waals surface area (Å²) in [6.45, 7) is 2.01. The minimum atomic E-state index is -0.273. The van der Waals surface area contributed by atoms with Gasteiger partial charge in [0.15, 0.2) is 0 Å². The van der Waals surface area contributed by atoms with Gasteiger partial charge in [-0.05, 0) is 60.1 Å². The van der Waals surface area contributed by atoms with Crippen LogP contribution in [0.15, 0.2) is 67.0 Å². The second-order valence-corrected chi connectivity index (χ2v) is 7.25. The zero-order valence-electron chi connectivity index (χ0n) is 18.1. The Hall–Kier alpha value is -3.71. The first-order valence-corrected chi connectivity index (χ1v) is 10.4. The van der Waals surface area contributed by atoms with Crippen LogP contribution in [0.2, 0.25) is 0 Å². The molecule has 1 heterocycles. The molecule has 4 rings (SSSR count). The molecule has 0 saturated carbocycles. The average Bonchev–Trinajstić information content (AvgIpc) is 2.83. The second-order valence-electron chi connectivity index (χ2n) is 7.25. The van der Waals surface area contributed by atoms with Crippen molar-refractivity contribution in [3.63, 3.8) is 0 Å². The Bertz CT molecular complexity index is 1180. The maximum Gasteiger partial charge on any atom is 0.145 e. The van der Waals surface area contributed by atoms with E-state index < -0.39 is 0 Å². The number of methoxy groups -OCH3 is 1. The van der Waals surface area contributed by atoms with Gasteiger partial charge < -0.3 is 20.1 Å². The molecule has 0 amide bonds. The average molecular weight is 432 g/mol. The van der Waals surface area contributed by atoms with Crippen molar-refractivity contribution in [1.82, 2.24) is 15.3 Å². The molecule has 4 aromatic rings. The molecule has 0 spiro atoms. The normalized spacial score (nSPS) is 10.8. The van der Waals surface area contributed by atoms with E-state index in [1.165, 1.54) is 18.5 Å². The number of ether oxygens (including phenoxy) is 2. The number of halogens is 1. The highest BCUT2D eigenvalue weighted by Crippen LogP contribution is 2.34. The molecule has 32 heavy (non-hydrogen) atoms. The first kappa shape index (κ1) is 21.5. The number of anilines is 1. The van der Waals surface area contributed by atoms with E-state index in [1.807, 2.05) is 43.4 Å². The summed E-state index contributed by atoms with van der Waals surface area (Å²) >= 11 is 0. The molecular weight excluding hydrogens is 407 g/mol. The van der Waals surface area contributed by atoms with Crippen LogP contribution in [0.5, 0.6) is 11.5 Å². The van der Waals surface area contributed by atoms with E-state index >= 15 is 0 Å². The summed E-state index contributed by atoms with van der Waals surface area (Å²) in [5, 5.41) is 7.28. The lowest BCUT2D eigenvalue weighted by atomic mass is 10.0. The Balaban J connectivity index is 1.58. The van der Waals surface area contributed by atoms with Crippen LogP contribution in [-0.2, 0) is 6.54 Å². The fourth-order valence-electron chi connectivity index (χ4n) is 3.40. The van der Waals surface area contributed by atoms with E-state index in [-0.39, 0.29) is 5.82 Å². The molecule has 0 bridgehead atoms. The van der Waals surface area contributed by atoms with E-state index in [0.717, 1.165) is 34.4 Å². The molecule has 0 fully saturated rings. The van der Waals surface area contributed by atoms with E-state index in [2.05, 4.69) is 20.6 Å². The van der Waals surface area contributed by atoms with Crippen molar-refractivity contribution in [2.45, 2.75) is 6.54 Å². The van der Waals surface area contributed by atoms with Crippen molar-refractivity contribution in [2.24, 2.45) is 0 Å². The highest BCUT2D eigenvalue weighted by atomic mass is 19.1. The molecule has 3 aromatic carbocycles. The van der Waals surface area contributed by atoms with Gasteiger partial charge in [-0.15, -0.1) is 0 Å². The van der Waals surface area contributed by atoms with E-state index in [4.69, 9.17) is 9.47 Å². The summed E-state index contributed by atoms with van der Waals surface area (Å²) in [5.41, 5.74) is 3.59. The molecule has 0 saturated heterocycles. The van der Waals surface area contributed by atoms with Crippen LogP contribution in [0.1, 0.15) is 5.56 Å². The Labute approximate surface area is 186 Å². The molecule has 0 aliphatic rings. The molecule has 6 nitrogen and oxygen atoms in total. The number of likely N-dealkylation sites (N-methyl/N-ethyl adjacent to an activating group) is 1. The van der Waals surface area contributed by atoms with Crippen LogP contribution in [0.3, 0.4) is 0 Å². The molecule has 0 unspecified atom stereocenters. The fourth-order valence-corrected chi connectivity index (χ4v) is 3.40. The molecule has 0 aliphatic carbocycles. The van der Waals surface area contributed by atoms with Gasteiger partial charge in [-0.3, -0.25) is 0 Å². The third-order valence-corrected chi connectivity index (χ3v) is 5.11. The quantitative estimate of drug-likeness (QED) is 0.375. The molecule has 1 aromatic heterocycles. The molecule has 164 valence electrons. The number of fused-ring (bicyclic) bond motifs is 1. The SMILES string of the molecule is CNCCOc1ccc(CNc2ncnc3c(OC)cc(-c4ccc(F)cc4)cc23)cc1. The molecule has 2 N–H and O–H groups in total. The smallest absolute Gasteiger partial charge is 0.145 e. The van der Waals surface area contributed by atoms with Crippen molar-refractivity contribution < 1.29 is 13.9 Å². The third-order valence-electron chi connectivity index (χ3n) is 5.11. The van der Waals surface area contributed by atoms with Gasteiger partial charge in [0.05, 0.1) is 7.11 Å². The van der Waals surface area contributed by atoms with Gasteiger partial charge in [0.1, 0.15) is 41.6 Å². The highest BCUT2D eigenvalue weighted by Gasteiger charge is 2.12. The highest BCUT2D eigenvalue weighted by molar-refractivity contribution is 5.96. The van der Waals surface area contributed by atoms with Gasteiger partial charge in [0.25, 0.3) is 0 Å². The Kier molecular flexibility index (Phi) is 6.77. The maximum atomic E-state index is 13.4. The van der Waals surface area contributed by atoms with Gasteiger partial charge >= 0.3 is 0 Å². The number of nitrogens with one attached hydrogen (secondary N) is 2. The van der Waals surface area contributed by atoms with Crippen molar-refractivity contribution in [1.29, 1.82) is 0 Å². The molecule has 0 radical (unpaired) electrons. The van der Waals surface area contributed by atoms with E-state index in [9.17, 15) is 4.39 Å². The van der Waals surface area contributed by atoms with Crippen molar-refractivity contribution in [3.05, 3.63) is 78.4 Å². The van der Waals surface area contributed by atoms with Crippen LogP contribution >= 0.6 is 0 Å². The fraction of sp³-hybridized carbons (Fsp3) is 0.200. The van der Waals surface area contributed by atoms with Gasteiger partial charge in [-0.1, -0.05) is 24.3 Å². The van der Waals surface area contributed by atoms with Gasteiger partial charge in [-0.2, -0.15) is 0 Å². The summed E-state index contributed by atoms with van der Waals surface area (Å²) in [6.07, 6.45) is 1.52. The summed E-state index contributed by atoms with van der Waals surface area (Å²) in [5.74, 6) is 1.90. The van der Waals surface area contributed by atoms with Crippen molar-refractivity contribution in [3.8, 4) is 22.6 Å². The largest absolute Gasteiger partial charge is 0.494 e. The zero-order chi connectivity index (χ0) is 22.3. The number of hydrogen-bond donors (Lipinski definition) is 2. The van der Waals surface area contributed by atoms with E-state index in [1.54, 1.807) is 19.2 Å². The van der Waals surface area contributed by atoms with Crippen molar-refractivity contribution >= 4 is 16.7 Å². The summed E-state index contributed by atoms with van der Waals surface area (Å²) in [6, 6.07) is 18.2. The maximum absolute atomic E-state index is 13.4. The summed E-state index contributed by atoms with van der Waals surface area (Å²) in [7, 11) is 3.51. The number of hydrogen-bond acceptors (Lipinski definition) is 6. The zero-order valence-corrected chi connectivity index (χ0v) is 18.1.